The second kappa shape index (κ2) is 4.41. The van der Waals surface area contributed by atoms with E-state index < -0.39 is 28.4 Å². The summed E-state index contributed by atoms with van der Waals surface area (Å²) in [5.41, 5.74) is 0. The third-order valence-electron chi connectivity index (χ3n) is 1.96. The molecule has 0 amide bonds. The summed E-state index contributed by atoms with van der Waals surface area (Å²) in [6, 6.07) is 0. The van der Waals surface area contributed by atoms with Gasteiger partial charge in [-0.1, -0.05) is 5.01 Å². The summed E-state index contributed by atoms with van der Waals surface area (Å²) in [5, 5.41) is 30.3. The Kier molecular flexibility index (Phi) is 3.22. The van der Waals surface area contributed by atoms with Crippen LogP contribution < -0.4 is 0 Å². The summed E-state index contributed by atoms with van der Waals surface area (Å²) in [4.78, 5) is 31.4. The Labute approximate surface area is 88.0 Å². The van der Waals surface area contributed by atoms with Gasteiger partial charge in [0.2, 0.25) is 13.3 Å². The molecule has 1 saturated heterocycles. The van der Waals surface area contributed by atoms with E-state index in [9.17, 15) is 30.3 Å². The van der Waals surface area contributed by atoms with Crippen molar-refractivity contribution in [3.8, 4) is 0 Å². The second-order valence-electron chi connectivity index (χ2n) is 2.96. The lowest BCUT2D eigenvalue weighted by atomic mass is 10.6. The van der Waals surface area contributed by atoms with Gasteiger partial charge >= 0.3 is 0 Å². The third kappa shape index (κ3) is 2.55. The molecule has 0 bridgehead atoms. The van der Waals surface area contributed by atoms with Gasteiger partial charge in [0.25, 0.3) is 0 Å². The number of rotatable bonds is 3. The Hall–Kier alpha value is -2.40. The van der Waals surface area contributed by atoms with Crippen LogP contribution in [-0.2, 0) is 0 Å². The van der Waals surface area contributed by atoms with Gasteiger partial charge in [0, 0.05) is 0 Å². The van der Waals surface area contributed by atoms with E-state index in [2.05, 4.69) is 0 Å². The molecule has 0 aromatic heterocycles. The minimum absolute atomic E-state index is 0.252. The van der Waals surface area contributed by atoms with E-state index in [0.717, 1.165) is 0 Å². The van der Waals surface area contributed by atoms with Crippen LogP contribution in [0.1, 0.15) is 0 Å². The normalized spacial score (nSPS) is 16.9. The molecule has 0 radical (unpaired) electrons. The van der Waals surface area contributed by atoms with E-state index in [1.807, 2.05) is 0 Å². The van der Waals surface area contributed by atoms with Crippen molar-refractivity contribution in [3.63, 3.8) is 0 Å². The fourth-order valence-electron chi connectivity index (χ4n) is 1.16. The molecule has 0 spiro atoms. The van der Waals surface area contributed by atoms with Crippen molar-refractivity contribution in [3.05, 3.63) is 30.3 Å². The van der Waals surface area contributed by atoms with Crippen molar-refractivity contribution >= 4 is 0 Å². The average molecular weight is 236 g/mol. The molecule has 1 aliphatic rings. The van der Waals surface area contributed by atoms with E-state index in [0.29, 0.717) is 15.0 Å². The molecule has 0 N–H and O–H groups in total. The Morgan fingerprint density at radius 3 is 1.25 bits per heavy atom. The van der Waals surface area contributed by atoms with Crippen molar-refractivity contribution in [1.29, 1.82) is 0 Å². The van der Waals surface area contributed by atoms with Crippen molar-refractivity contribution in [2.24, 2.45) is 0 Å². The minimum Gasteiger partial charge on any atom is -0.235 e. The average Bonchev–Trinajstić information content (AvgIpc) is 2.39. The lowest BCUT2D eigenvalue weighted by molar-refractivity contribution is -0.725. The van der Waals surface area contributed by atoms with Crippen LogP contribution in [0.5, 0.6) is 0 Å². The van der Waals surface area contributed by atoms with Crippen LogP contribution in [0.25, 0.3) is 0 Å². The van der Waals surface area contributed by atoms with E-state index >= 15 is 0 Å². The summed E-state index contributed by atoms with van der Waals surface area (Å²) < 4.78 is 0. The summed E-state index contributed by atoms with van der Waals surface area (Å²) in [6.45, 7) is -1.69. The Morgan fingerprint density at radius 2 is 1.00 bits per heavy atom. The van der Waals surface area contributed by atoms with Crippen LogP contribution in [0.4, 0.5) is 0 Å². The molecule has 0 aromatic rings. The van der Waals surface area contributed by atoms with E-state index in [4.69, 9.17) is 0 Å². The highest BCUT2D eigenvalue weighted by Gasteiger charge is 2.34. The van der Waals surface area contributed by atoms with E-state index in [-0.39, 0.29) is 13.1 Å². The van der Waals surface area contributed by atoms with Gasteiger partial charge in [-0.3, -0.25) is 0 Å². The molecule has 0 saturated carbocycles. The van der Waals surface area contributed by atoms with Gasteiger partial charge in [0.15, 0.2) is 15.1 Å². The zero-order valence-electron chi connectivity index (χ0n) is 7.96. The van der Waals surface area contributed by atoms with Crippen LogP contribution in [0.2, 0.25) is 0 Å². The largest absolute Gasteiger partial charge is 0.235 e. The first-order valence-corrected chi connectivity index (χ1v) is 4.09. The first-order valence-electron chi connectivity index (χ1n) is 4.09. The maximum atomic E-state index is 10.5. The van der Waals surface area contributed by atoms with Gasteiger partial charge in [-0.2, -0.15) is 0 Å². The van der Waals surface area contributed by atoms with Gasteiger partial charge < -0.3 is 0 Å². The van der Waals surface area contributed by atoms with Crippen molar-refractivity contribution in [1.82, 2.24) is 15.0 Å². The highest BCUT2D eigenvalue weighted by atomic mass is 16.7. The zero-order valence-corrected chi connectivity index (χ0v) is 7.96. The van der Waals surface area contributed by atoms with Crippen molar-refractivity contribution < 1.29 is 15.1 Å². The molecule has 1 aliphatic heterocycles. The molecule has 0 aliphatic carbocycles. The Bertz CT molecular complexity index is 296. The predicted molar refractivity (Wildman–Crippen MR) is 46.0 cm³/mol. The summed E-state index contributed by atoms with van der Waals surface area (Å²) in [7, 11) is 0. The molecule has 0 unspecified atom stereocenters. The molecule has 16 heavy (non-hydrogen) atoms. The maximum Gasteiger partial charge on any atom is 0.210 e. The smallest absolute Gasteiger partial charge is 0.210 e. The third-order valence-corrected chi connectivity index (χ3v) is 1.96. The molecule has 12 heteroatoms. The van der Waals surface area contributed by atoms with Gasteiger partial charge in [0.05, 0.1) is 0 Å². The van der Waals surface area contributed by atoms with Crippen LogP contribution in [0, 0.1) is 30.3 Å². The molecular formula is C4H8N6O6. The van der Waals surface area contributed by atoms with Gasteiger partial charge in [-0.15, -0.1) is 10.0 Å². The molecule has 1 rings (SSSR count). The van der Waals surface area contributed by atoms with Gasteiger partial charge in [-0.05, 0) is 0 Å². The monoisotopic (exact) mass is 236 g/mol. The topological polar surface area (TPSA) is 139 Å². The Balaban J connectivity index is 2.80. The summed E-state index contributed by atoms with van der Waals surface area (Å²) >= 11 is 0. The fraction of sp³-hybridized carbons (Fsp3) is 1.00. The number of nitrogens with zero attached hydrogens (tertiary/aromatic N) is 6. The minimum atomic E-state index is -0.904. The Morgan fingerprint density at radius 1 is 0.688 bits per heavy atom. The van der Waals surface area contributed by atoms with Crippen LogP contribution in [0.15, 0.2) is 0 Å². The maximum absolute atomic E-state index is 10.5. The molecule has 90 valence electrons. The molecule has 1 fully saturated rings. The molecule has 12 nitrogen and oxygen atoms in total. The summed E-state index contributed by atoms with van der Waals surface area (Å²) in [5.74, 6) is 0. The van der Waals surface area contributed by atoms with Crippen LogP contribution in [0.3, 0.4) is 0 Å². The molecule has 0 aromatic carbocycles. The quantitative estimate of drug-likeness (QED) is 0.418. The second-order valence-corrected chi connectivity index (χ2v) is 2.96. The van der Waals surface area contributed by atoms with Crippen LogP contribution in [-0.4, -0.2) is 56.6 Å². The molecule has 0 atom stereocenters. The SMILES string of the molecule is O=[N+]([O-])N1CCN([N+](=O)[O-])CN([N+](=O)[O-])C1. The number of hydrogen-bond acceptors (Lipinski definition) is 6. The van der Waals surface area contributed by atoms with Gasteiger partial charge in [0.1, 0.15) is 13.1 Å². The first kappa shape index (κ1) is 11.7. The van der Waals surface area contributed by atoms with E-state index in [1.54, 1.807) is 0 Å². The highest BCUT2D eigenvalue weighted by Crippen LogP contribution is 2.04. The zero-order chi connectivity index (χ0) is 12.3. The predicted octanol–water partition coefficient (Wildman–Crippen LogP) is -1.60. The number of nitro groups is 3. The fourth-order valence-corrected chi connectivity index (χ4v) is 1.16. The van der Waals surface area contributed by atoms with Crippen molar-refractivity contribution in [2.75, 3.05) is 26.4 Å². The number of hydrazine groups is 3. The first-order chi connectivity index (χ1) is 7.41. The summed E-state index contributed by atoms with van der Waals surface area (Å²) in [6.07, 6.45) is 0. The van der Waals surface area contributed by atoms with Crippen molar-refractivity contribution in [2.45, 2.75) is 0 Å². The van der Waals surface area contributed by atoms with Crippen LogP contribution >= 0.6 is 0 Å². The standard InChI is InChI=1S/C4H8N6O6/c11-8(12)5-1-2-6(9(13)14)4-7(3-5)10(15)16/h1-4H2. The molecular weight excluding hydrogens is 228 g/mol. The van der Waals surface area contributed by atoms with E-state index in [1.165, 1.54) is 0 Å². The lowest BCUT2D eigenvalue weighted by Crippen LogP contribution is -2.44. The lowest BCUT2D eigenvalue weighted by Gasteiger charge is -2.14. The number of hydrogen-bond donors (Lipinski definition) is 0. The highest BCUT2D eigenvalue weighted by molar-refractivity contribution is 4.54. The van der Waals surface area contributed by atoms with Gasteiger partial charge in [-0.25, -0.2) is 30.3 Å². The molecule has 1 heterocycles.